The summed E-state index contributed by atoms with van der Waals surface area (Å²) >= 11 is 0. The van der Waals surface area contributed by atoms with E-state index in [0.717, 1.165) is 29.9 Å². The second kappa shape index (κ2) is 4.26. The molecule has 0 aliphatic heterocycles. The Bertz CT molecular complexity index is 410. The Balaban J connectivity index is 2.42. The molecule has 0 saturated heterocycles. The van der Waals surface area contributed by atoms with Crippen molar-refractivity contribution < 1.29 is 0 Å². The Morgan fingerprint density at radius 3 is 1.93 bits per heavy atom. The average Bonchev–Trinajstić information content (AvgIpc) is 2.73. The van der Waals surface area contributed by atoms with Crippen LogP contribution in [0.4, 0.5) is 0 Å². The second-order valence-corrected chi connectivity index (χ2v) is 3.43. The Kier molecular flexibility index (Phi) is 2.81. The summed E-state index contributed by atoms with van der Waals surface area (Å²) in [6.45, 7) is 4.22. The highest BCUT2D eigenvalue weighted by Crippen LogP contribution is 2.09. The van der Waals surface area contributed by atoms with E-state index >= 15 is 0 Å². The molecule has 3 nitrogen and oxygen atoms in total. The van der Waals surface area contributed by atoms with Gasteiger partial charge in [0.05, 0.1) is 17.1 Å². The van der Waals surface area contributed by atoms with Crippen molar-refractivity contribution in [1.82, 2.24) is 15.0 Å². The van der Waals surface area contributed by atoms with Gasteiger partial charge >= 0.3 is 0 Å². The molecule has 15 heavy (non-hydrogen) atoms. The monoisotopic (exact) mass is 201 g/mol. The highest BCUT2D eigenvalue weighted by Gasteiger charge is 2.07. The Hall–Kier alpha value is -1.64. The van der Waals surface area contributed by atoms with E-state index in [-0.39, 0.29) is 0 Å². The number of aryl methyl sites for hydroxylation is 2. The van der Waals surface area contributed by atoms with Gasteiger partial charge in [0.25, 0.3) is 0 Å². The van der Waals surface area contributed by atoms with Crippen LogP contribution in [0.25, 0.3) is 5.69 Å². The quantitative estimate of drug-likeness (QED) is 0.763. The standard InChI is InChI=1S/C12H15N3/c1-3-11-12(4-2)14-15(13-11)10-8-6-5-7-9-10/h5-9H,3-4H2,1-2H3. The van der Waals surface area contributed by atoms with Crippen LogP contribution in [0, 0.1) is 0 Å². The molecular weight excluding hydrogens is 186 g/mol. The molecule has 1 heterocycles. The minimum absolute atomic E-state index is 0.940. The number of hydrogen-bond donors (Lipinski definition) is 0. The van der Waals surface area contributed by atoms with E-state index in [1.54, 1.807) is 4.80 Å². The molecule has 1 aromatic carbocycles. The molecule has 2 aromatic rings. The van der Waals surface area contributed by atoms with E-state index in [0.29, 0.717) is 0 Å². The van der Waals surface area contributed by atoms with Gasteiger partial charge in [0, 0.05) is 0 Å². The Morgan fingerprint density at radius 1 is 0.933 bits per heavy atom. The van der Waals surface area contributed by atoms with Crippen molar-refractivity contribution in [2.75, 3.05) is 0 Å². The zero-order valence-corrected chi connectivity index (χ0v) is 9.14. The molecule has 78 valence electrons. The van der Waals surface area contributed by atoms with Crippen LogP contribution in [-0.4, -0.2) is 15.0 Å². The van der Waals surface area contributed by atoms with Crippen molar-refractivity contribution >= 4 is 0 Å². The van der Waals surface area contributed by atoms with E-state index < -0.39 is 0 Å². The van der Waals surface area contributed by atoms with Gasteiger partial charge in [-0.15, -0.1) is 0 Å². The minimum Gasteiger partial charge on any atom is -0.153 e. The number of para-hydroxylation sites is 1. The van der Waals surface area contributed by atoms with Gasteiger partial charge in [0.1, 0.15) is 0 Å². The topological polar surface area (TPSA) is 30.7 Å². The van der Waals surface area contributed by atoms with Crippen LogP contribution in [0.5, 0.6) is 0 Å². The lowest BCUT2D eigenvalue weighted by Crippen LogP contribution is -1.98. The first kappa shape index (κ1) is 9.90. The maximum atomic E-state index is 4.48. The van der Waals surface area contributed by atoms with E-state index in [1.807, 2.05) is 30.3 Å². The smallest absolute Gasteiger partial charge is 0.0861 e. The third-order valence-electron chi connectivity index (χ3n) is 2.42. The molecular formula is C12H15N3. The summed E-state index contributed by atoms with van der Waals surface area (Å²) in [4.78, 5) is 1.72. The van der Waals surface area contributed by atoms with Gasteiger partial charge in [0.2, 0.25) is 0 Å². The number of rotatable bonds is 3. The Morgan fingerprint density at radius 2 is 1.47 bits per heavy atom. The number of nitrogens with zero attached hydrogens (tertiary/aromatic N) is 3. The summed E-state index contributed by atoms with van der Waals surface area (Å²) in [5.74, 6) is 0. The average molecular weight is 201 g/mol. The molecule has 0 spiro atoms. The van der Waals surface area contributed by atoms with E-state index in [9.17, 15) is 0 Å². The molecule has 0 aliphatic carbocycles. The first-order valence-corrected chi connectivity index (χ1v) is 5.35. The normalized spacial score (nSPS) is 10.5. The van der Waals surface area contributed by atoms with Gasteiger partial charge in [-0.2, -0.15) is 15.0 Å². The van der Waals surface area contributed by atoms with Crippen LogP contribution < -0.4 is 0 Å². The molecule has 0 N–H and O–H groups in total. The fourth-order valence-corrected chi connectivity index (χ4v) is 1.59. The molecule has 2 rings (SSSR count). The molecule has 0 unspecified atom stereocenters. The van der Waals surface area contributed by atoms with Crippen molar-refractivity contribution in [2.24, 2.45) is 0 Å². The summed E-state index contributed by atoms with van der Waals surface area (Å²) in [5, 5.41) is 8.95. The predicted molar refractivity (Wildman–Crippen MR) is 60.1 cm³/mol. The highest BCUT2D eigenvalue weighted by atomic mass is 15.5. The summed E-state index contributed by atoms with van der Waals surface area (Å²) in [5.41, 5.74) is 3.22. The molecule has 1 aromatic heterocycles. The van der Waals surface area contributed by atoms with E-state index in [2.05, 4.69) is 24.0 Å². The number of benzene rings is 1. The third kappa shape index (κ3) is 1.91. The van der Waals surface area contributed by atoms with Crippen LogP contribution >= 0.6 is 0 Å². The van der Waals surface area contributed by atoms with Crippen LogP contribution in [0.2, 0.25) is 0 Å². The molecule has 0 radical (unpaired) electrons. The lowest BCUT2D eigenvalue weighted by molar-refractivity contribution is 0.732. The Labute approximate surface area is 89.7 Å². The van der Waals surface area contributed by atoms with E-state index in [1.165, 1.54) is 0 Å². The molecule has 0 amide bonds. The van der Waals surface area contributed by atoms with Crippen molar-refractivity contribution in [3.63, 3.8) is 0 Å². The van der Waals surface area contributed by atoms with Crippen LogP contribution in [0.3, 0.4) is 0 Å². The summed E-state index contributed by atoms with van der Waals surface area (Å²) < 4.78 is 0. The van der Waals surface area contributed by atoms with Gasteiger partial charge in [-0.25, -0.2) is 0 Å². The van der Waals surface area contributed by atoms with Crippen molar-refractivity contribution in [3.05, 3.63) is 41.7 Å². The first-order chi connectivity index (χ1) is 7.35. The molecule has 3 heteroatoms. The second-order valence-electron chi connectivity index (χ2n) is 3.43. The van der Waals surface area contributed by atoms with Crippen LogP contribution in [0.15, 0.2) is 30.3 Å². The molecule has 0 atom stereocenters. The van der Waals surface area contributed by atoms with Gasteiger partial charge < -0.3 is 0 Å². The van der Waals surface area contributed by atoms with Gasteiger partial charge in [0.15, 0.2) is 0 Å². The van der Waals surface area contributed by atoms with Gasteiger partial charge in [-0.1, -0.05) is 32.0 Å². The summed E-state index contributed by atoms with van der Waals surface area (Å²) in [6.07, 6.45) is 1.88. The highest BCUT2D eigenvalue weighted by molar-refractivity contribution is 5.29. The number of hydrogen-bond acceptors (Lipinski definition) is 2. The van der Waals surface area contributed by atoms with Gasteiger partial charge in [-0.05, 0) is 25.0 Å². The zero-order chi connectivity index (χ0) is 10.7. The number of aromatic nitrogens is 3. The fraction of sp³-hybridized carbons (Fsp3) is 0.333. The third-order valence-corrected chi connectivity index (χ3v) is 2.42. The largest absolute Gasteiger partial charge is 0.153 e. The predicted octanol–water partition coefficient (Wildman–Crippen LogP) is 2.39. The maximum absolute atomic E-state index is 4.48. The molecule has 0 saturated carbocycles. The lowest BCUT2D eigenvalue weighted by atomic mass is 10.2. The first-order valence-electron chi connectivity index (χ1n) is 5.35. The van der Waals surface area contributed by atoms with Crippen LogP contribution in [0.1, 0.15) is 25.2 Å². The fourth-order valence-electron chi connectivity index (χ4n) is 1.59. The summed E-state index contributed by atoms with van der Waals surface area (Å²) in [6, 6.07) is 10.0. The minimum atomic E-state index is 0.940. The molecule has 0 fully saturated rings. The zero-order valence-electron chi connectivity index (χ0n) is 9.14. The van der Waals surface area contributed by atoms with Crippen molar-refractivity contribution in [1.29, 1.82) is 0 Å². The lowest BCUT2D eigenvalue weighted by Gasteiger charge is -1.96. The SMILES string of the molecule is CCc1nn(-c2ccccc2)nc1CC. The van der Waals surface area contributed by atoms with Gasteiger partial charge in [-0.3, -0.25) is 0 Å². The maximum Gasteiger partial charge on any atom is 0.0861 e. The summed E-state index contributed by atoms with van der Waals surface area (Å²) in [7, 11) is 0. The van der Waals surface area contributed by atoms with Crippen molar-refractivity contribution in [2.45, 2.75) is 26.7 Å². The molecule has 0 aliphatic rings. The molecule has 0 bridgehead atoms. The van der Waals surface area contributed by atoms with E-state index in [4.69, 9.17) is 0 Å². The van der Waals surface area contributed by atoms with Crippen molar-refractivity contribution in [3.8, 4) is 5.69 Å². The van der Waals surface area contributed by atoms with Crippen LogP contribution in [-0.2, 0) is 12.8 Å².